The second kappa shape index (κ2) is 18.4. The third-order valence-electron chi connectivity index (χ3n) is 9.62. The summed E-state index contributed by atoms with van der Waals surface area (Å²) in [6.07, 6.45) is 7.98. The van der Waals surface area contributed by atoms with Gasteiger partial charge < -0.3 is 10.1 Å². The molecular formula is C41H49F3IrNO2S-. The molecule has 0 unspecified atom stereocenters. The van der Waals surface area contributed by atoms with Crippen LogP contribution in [0.5, 0.6) is 0 Å². The molecule has 1 radical (unpaired) electrons. The summed E-state index contributed by atoms with van der Waals surface area (Å²) in [5, 5.41) is 9.96. The molecule has 1 N–H and O–H groups in total. The molecule has 1 aliphatic carbocycles. The molecule has 0 atom stereocenters. The van der Waals surface area contributed by atoms with Crippen molar-refractivity contribution >= 4 is 27.2 Å². The number of carbonyl (C=O) groups is 1. The standard InChI is InChI=1S/C28H25F3NS.C13H24O2.Ir/c1-17-14-18(2)16-22(15-17)25-27-23(12-13-32-25)24(28(29,30)31)26(33-27)21-10-8-20(9-11-21)19-6-4-3-5-7-19;1-5-10(6-2)12(14)9-13(15)11(7-3)8-4;/h8-15,19H,3-7H2,1-2H3;9-11,14H,5-8H2,1-4H3;/q-1;;/b;12-9-;. The number of nitrogens with zero attached hydrogens (tertiary/aromatic N) is 1. The van der Waals surface area contributed by atoms with Gasteiger partial charge in [0.15, 0.2) is 5.78 Å². The number of fused-ring (bicyclic) bond motifs is 1. The van der Waals surface area contributed by atoms with Crippen LogP contribution >= 0.6 is 11.3 Å². The molecule has 2 aromatic heterocycles. The van der Waals surface area contributed by atoms with E-state index in [1.807, 2.05) is 77.9 Å². The number of aryl methyl sites for hydroxylation is 2. The Morgan fingerprint density at radius 2 is 1.57 bits per heavy atom. The second-order valence-electron chi connectivity index (χ2n) is 13.0. The van der Waals surface area contributed by atoms with E-state index in [0.29, 0.717) is 21.9 Å². The summed E-state index contributed by atoms with van der Waals surface area (Å²) < 4.78 is 43.5. The summed E-state index contributed by atoms with van der Waals surface area (Å²) in [6, 6.07) is 16.4. The Morgan fingerprint density at radius 1 is 0.959 bits per heavy atom. The fourth-order valence-corrected chi connectivity index (χ4v) is 8.17. The maximum absolute atomic E-state index is 14.3. The molecule has 4 aromatic rings. The third-order valence-corrected chi connectivity index (χ3v) is 10.9. The Labute approximate surface area is 307 Å². The van der Waals surface area contributed by atoms with Gasteiger partial charge in [0.2, 0.25) is 0 Å². The predicted octanol–water partition coefficient (Wildman–Crippen LogP) is 13.0. The van der Waals surface area contributed by atoms with Gasteiger partial charge in [-0.05, 0) is 67.0 Å². The third kappa shape index (κ3) is 10.1. The molecule has 0 bridgehead atoms. The van der Waals surface area contributed by atoms with Crippen molar-refractivity contribution in [1.82, 2.24) is 4.98 Å². The van der Waals surface area contributed by atoms with Crippen LogP contribution in [0.4, 0.5) is 13.2 Å². The van der Waals surface area contributed by atoms with Crippen LogP contribution in [0.25, 0.3) is 31.8 Å². The molecule has 0 aliphatic heterocycles. The largest absolute Gasteiger partial charge is 0.512 e. The number of aliphatic hydroxyl groups excluding tert-OH is 1. The van der Waals surface area contributed by atoms with Crippen LogP contribution in [0.15, 0.2) is 60.5 Å². The van der Waals surface area contributed by atoms with Crippen molar-refractivity contribution in [2.24, 2.45) is 11.8 Å². The molecule has 1 aliphatic rings. The fourth-order valence-electron chi connectivity index (χ4n) is 6.85. The van der Waals surface area contributed by atoms with Crippen molar-refractivity contribution in [3.05, 3.63) is 88.8 Å². The van der Waals surface area contributed by atoms with Gasteiger partial charge >= 0.3 is 6.18 Å². The van der Waals surface area contributed by atoms with Crippen LogP contribution in [0.2, 0.25) is 0 Å². The molecule has 1 fully saturated rings. The minimum atomic E-state index is -4.46. The van der Waals surface area contributed by atoms with E-state index in [0.717, 1.165) is 55.2 Å². The van der Waals surface area contributed by atoms with E-state index < -0.39 is 11.7 Å². The molecule has 0 saturated heterocycles. The number of carbonyl (C=O) groups excluding carboxylic acids is 1. The van der Waals surface area contributed by atoms with Crippen LogP contribution in [0, 0.1) is 31.7 Å². The average Bonchev–Trinajstić information content (AvgIpc) is 3.47. The van der Waals surface area contributed by atoms with E-state index in [1.54, 1.807) is 0 Å². The van der Waals surface area contributed by atoms with E-state index in [-0.39, 0.29) is 53.7 Å². The Morgan fingerprint density at radius 3 is 2.12 bits per heavy atom. The number of thiophene rings is 1. The predicted molar refractivity (Wildman–Crippen MR) is 193 cm³/mol. The number of rotatable bonds is 10. The number of hydrogen-bond acceptors (Lipinski definition) is 4. The molecule has 0 spiro atoms. The summed E-state index contributed by atoms with van der Waals surface area (Å²) >= 11 is 1.18. The summed E-state index contributed by atoms with van der Waals surface area (Å²) in [5.41, 5.74) is 4.54. The maximum atomic E-state index is 14.3. The minimum Gasteiger partial charge on any atom is -0.512 e. The number of aromatic nitrogens is 1. The molecule has 2 heterocycles. The Balaban J connectivity index is 0.000000347. The SMILES string of the molecule is CCC(CC)C(=O)/C=C(\O)C(CC)CC.Cc1[c-]c(-c2nccc3c(C(F)(F)F)c(-c4ccc(C5CCCCC5)cc4)sc23)cc(C)c1.[Ir]. The van der Waals surface area contributed by atoms with Crippen molar-refractivity contribution in [2.45, 2.75) is 111 Å². The number of benzene rings is 2. The van der Waals surface area contributed by atoms with Crippen LogP contribution in [0.3, 0.4) is 0 Å². The van der Waals surface area contributed by atoms with E-state index >= 15 is 0 Å². The number of alkyl halides is 3. The normalized spacial score (nSPS) is 14.1. The van der Waals surface area contributed by atoms with Crippen LogP contribution in [-0.4, -0.2) is 15.9 Å². The summed E-state index contributed by atoms with van der Waals surface area (Å²) in [4.78, 5) is 16.4. The van der Waals surface area contributed by atoms with E-state index in [1.165, 1.54) is 54.5 Å². The number of hydrogen-bond donors (Lipinski definition) is 1. The van der Waals surface area contributed by atoms with Gasteiger partial charge in [0.1, 0.15) is 0 Å². The van der Waals surface area contributed by atoms with E-state index in [9.17, 15) is 23.1 Å². The van der Waals surface area contributed by atoms with Crippen molar-refractivity contribution in [3.63, 3.8) is 0 Å². The zero-order valence-electron chi connectivity index (χ0n) is 29.5. The molecule has 3 nitrogen and oxygen atoms in total. The molecule has 8 heteroatoms. The molecule has 2 aromatic carbocycles. The van der Waals surface area contributed by atoms with Crippen molar-refractivity contribution < 1.29 is 43.2 Å². The number of ketones is 1. The molecule has 5 rings (SSSR count). The van der Waals surface area contributed by atoms with Gasteiger partial charge in [0.25, 0.3) is 0 Å². The van der Waals surface area contributed by atoms with Crippen LogP contribution in [-0.2, 0) is 31.1 Å². The van der Waals surface area contributed by atoms with Gasteiger partial charge in [-0.1, -0.05) is 85.1 Å². The topological polar surface area (TPSA) is 50.2 Å². The Hall–Kier alpha value is -2.80. The molecule has 49 heavy (non-hydrogen) atoms. The quantitative estimate of drug-likeness (QED) is 0.0981. The molecular weight excluding hydrogens is 820 g/mol. The van der Waals surface area contributed by atoms with Gasteiger partial charge in [-0.25, -0.2) is 0 Å². The van der Waals surface area contributed by atoms with Gasteiger partial charge in [-0.15, -0.1) is 46.2 Å². The van der Waals surface area contributed by atoms with Crippen LogP contribution < -0.4 is 0 Å². The molecule has 267 valence electrons. The zero-order chi connectivity index (χ0) is 35.0. The Kier molecular flexibility index (Phi) is 15.3. The van der Waals surface area contributed by atoms with Crippen molar-refractivity contribution in [1.29, 1.82) is 0 Å². The first-order valence-corrected chi connectivity index (χ1v) is 18.3. The smallest absolute Gasteiger partial charge is 0.418 e. The number of pyridine rings is 1. The van der Waals surface area contributed by atoms with Crippen molar-refractivity contribution in [3.8, 4) is 21.7 Å². The monoisotopic (exact) mass is 869 g/mol. The number of halogens is 3. The van der Waals surface area contributed by atoms with Crippen LogP contribution in [0.1, 0.15) is 114 Å². The molecule has 0 amide bonds. The second-order valence-corrected chi connectivity index (χ2v) is 14.1. The first kappa shape index (κ1) is 40.6. The summed E-state index contributed by atoms with van der Waals surface area (Å²) in [6.45, 7) is 12.0. The Bertz CT molecular complexity index is 1680. The first-order chi connectivity index (χ1) is 22.9. The number of allylic oxidation sites excluding steroid dienone is 2. The minimum absolute atomic E-state index is 0. The van der Waals surface area contributed by atoms with Gasteiger partial charge in [0, 0.05) is 59.5 Å². The maximum Gasteiger partial charge on any atom is 0.418 e. The van der Waals surface area contributed by atoms with Gasteiger partial charge in [0.05, 0.1) is 11.3 Å². The van der Waals surface area contributed by atoms with Crippen molar-refractivity contribution in [2.75, 3.05) is 0 Å². The molecule has 1 saturated carbocycles. The summed E-state index contributed by atoms with van der Waals surface area (Å²) in [7, 11) is 0. The van der Waals surface area contributed by atoms with E-state index in [4.69, 9.17) is 0 Å². The van der Waals surface area contributed by atoms with Gasteiger partial charge in [-0.3, -0.25) is 4.79 Å². The van der Waals surface area contributed by atoms with E-state index in [2.05, 4.69) is 11.1 Å². The average molecular weight is 869 g/mol. The summed E-state index contributed by atoms with van der Waals surface area (Å²) in [5.74, 6) is 1.07. The first-order valence-electron chi connectivity index (χ1n) is 17.5. The number of aliphatic hydroxyl groups is 1. The zero-order valence-corrected chi connectivity index (χ0v) is 32.7. The van der Waals surface area contributed by atoms with Gasteiger partial charge in [-0.2, -0.15) is 13.2 Å². The fraction of sp³-hybridized carbons (Fsp3) is 0.463.